The Morgan fingerprint density at radius 1 is 1.41 bits per heavy atom. The molecule has 1 aromatic rings. The van der Waals surface area contributed by atoms with E-state index in [9.17, 15) is 4.79 Å². The maximum absolute atomic E-state index is 11.3. The maximum atomic E-state index is 11.3. The van der Waals surface area contributed by atoms with E-state index in [1.54, 1.807) is 0 Å². The van der Waals surface area contributed by atoms with Crippen LogP contribution in [0.2, 0.25) is 0 Å². The highest BCUT2D eigenvalue weighted by Crippen LogP contribution is 2.26. The van der Waals surface area contributed by atoms with E-state index >= 15 is 0 Å². The monoisotopic (exact) mass is 362 g/mol. The normalized spacial score (nSPS) is 12.2. The Morgan fingerprint density at radius 2 is 2.12 bits per heavy atom. The summed E-state index contributed by atoms with van der Waals surface area (Å²) in [6.45, 7) is 4.94. The lowest BCUT2D eigenvalue weighted by molar-refractivity contribution is -0.120. The van der Waals surface area contributed by atoms with Gasteiger partial charge in [-0.2, -0.15) is 0 Å². The average molecular weight is 364 g/mol. The summed E-state index contributed by atoms with van der Waals surface area (Å²) in [5, 5.41) is 5.94. The van der Waals surface area contributed by atoms with Gasteiger partial charge in [-0.15, -0.1) is 0 Å². The van der Waals surface area contributed by atoms with Crippen molar-refractivity contribution in [3.63, 3.8) is 0 Å². The number of carbonyl (C=O) groups excluding carboxylic acids is 1. The summed E-state index contributed by atoms with van der Waals surface area (Å²) in [6, 6.07) is 6.15. The van der Waals surface area contributed by atoms with Crippen molar-refractivity contribution in [2.75, 3.05) is 13.1 Å². The number of carbonyl (C=O) groups is 1. The molecule has 94 valence electrons. The molecule has 1 atom stereocenters. The van der Waals surface area contributed by atoms with E-state index in [1.165, 1.54) is 0 Å². The van der Waals surface area contributed by atoms with Crippen LogP contribution in [0.15, 0.2) is 27.1 Å². The molecule has 2 N–H and O–H groups in total. The lowest BCUT2D eigenvalue weighted by Crippen LogP contribution is -2.34. The van der Waals surface area contributed by atoms with Crippen molar-refractivity contribution in [3.8, 4) is 0 Å². The Morgan fingerprint density at radius 3 is 2.71 bits per heavy atom. The Balaban J connectivity index is 2.57. The molecule has 3 nitrogen and oxygen atoms in total. The third-order valence-corrected chi connectivity index (χ3v) is 3.55. The fourth-order valence-electron chi connectivity index (χ4n) is 1.47. The highest BCUT2D eigenvalue weighted by Gasteiger charge is 2.10. The smallest absolute Gasteiger partial charge is 0.233 e. The molecule has 1 aromatic carbocycles. The number of hydrogen-bond acceptors (Lipinski definition) is 2. The molecule has 0 aromatic heterocycles. The lowest BCUT2D eigenvalue weighted by Gasteiger charge is -2.15. The molecule has 0 spiro atoms. The van der Waals surface area contributed by atoms with Gasteiger partial charge >= 0.3 is 0 Å². The van der Waals surface area contributed by atoms with E-state index in [1.807, 2.05) is 32.0 Å². The third-order valence-electron chi connectivity index (χ3n) is 2.37. The number of likely N-dealkylation sites (N-methyl/N-ethyl adjacent to an activating group) is 1. The second-order valence-electron chi connectivity index (χ2n) is 3.72. The number of rotatable bonds is 5. The van der Waals surface area contributed by atoms with Crippen LogP contribution < -0.4 is 10.6 Å². The molecule has 0 aliphatic rings. The number of hydrogen-bond donors (Lipinski definition) is 2. The maximum Gasteiger partial charge on any atom is 0.233 e. The zero-order chi connectivity index (χ0) is 12.8. The molecule has 0 bridgehead atoms. The molecule has 17 heavy (non-hydrogen) atoms. The summed E-state index contributed by atoms with van der Waals surface area (Å²) >= 11 is 6.93. The summed E-state index contributed by atoms with van der Waals surface area (Å²) in [5.74, 6) is 0.0209. The predicted octanol–water partition coefficient (Wildman–Crippen LogP) is 3.00. The number of benzene rings is 1. The summed E-state index contributed by atoms with van der Waals surface area (Å²) in [7, 11) is 0. The number of halogens is 2. The number of nitrogens with one attached hydrogen (secondary N) is 2. The van der Waals surface area contributed by atoms with Crippen LogP contribution in [0.3, 0.4) is 0 Å². The summed E-state index contributed by atoms with van der Waals surface area (Å²) in [5.41, 5.74) is 1.14. The fourth-order valence-corrected chi connectivity index (χ4v) is 2.86. The molecular weight excluding hydrogens is 348 g/mol. The van der Waals surface area contributed by atoms with Gasteiger partial charge in [0.25, 0.3) is 0 Å². The van der Waals surface area contributed by atoms with Gasteiger partial charge in [0.15, 0.2) is 0 Å². The Labute approximate surface area is 119 Å². The van der Waals surface area contributed by atoms with Crippen LogP contribution in [-0.2, 0) is 4.79 Å². The first-order valence-electron chi connectivity index (χ1n) is 5.49. The second-order valence-corrected chi connectivity index (χ2v) is 5.49. The van der Waals surface area contributed by atoms with Crippen LogP contribution in [0, 0.1) is 0 Å². The standard InChI is InChI=1S/C12H16Br2N2O/c1-3-15-12(17)7-16-8(2)10-5-4-9(13)6-11(10)14/h4-6,8,16H,3,7H2,1-2H3,(H,15,17). The predicted molar refractivity (Wildman–Crippen MR) is 76.9 cm³/mol. The van der Waals surface area contributed by atoms with Crippen molar-refractivity contribution in [3.05, 3.63) is 32.7 Å². The quantitative estimate of drug-likeness (QED) is 0.844. The molecule has 0 fully saturated rings. The fraction of sp³-hybridized carbons (Fsp3) is 0.417. The van der Waals surface area contributed by atoms with Crippen LogP contribution in [0.1, 0.15) is 25.5 Å². The van der Waals surface area contributed by atoms with Crippen LogP contribution in [0.25, 0.3) is 0 Å². The molecule has 0 saturated carbocycles. The third kappa shape index (κ3) is 4.77. The summed E-state index contributed by atoms with van der Waals surface area (Å²) in [6.07, 6.45) is 0. The van der Waals surface area contributed by atoms with Gasteiger partial charge in [0.1, 0.15) is 0 Å². The Bertz CT molecular complexity index is 396. The van der Waals surface area contributed by atoms with Gasteiger partial charge in [-0.05, 0) is 31.5 Å². The van der Waals surface area contributed by atoms with Gasteiger partial charge in [0, 0.05) is 21.5 Å². The number of amides is 1. The molecule has 1 unspecified atom stereocenters. The van der Waals surface area contributed by atoms with E-state index < -0.39 is 0 Å². The van der Waals surface area contributed by atoms with Gasteiger partial charge in [0.05, 0.1) is 6.54 Å². The van der Waals surface area contributed by atoms with Crippen LogP contribution >= 0.6 is 31.9 Å². The van der Waals surface area contributed by atoms with Crippen molar-refractivity contribution in [2.24, 2.45) is 0 Å². The molecule has 5 heteroatoms. The highest BCUT2D eigenvalue weighted by atomic mass is 79.9. The van der Waals surface area contributed by atoms with Gasteiger partial charge in [-0.25, -0.2) is 0 Å². The second kappa shape index (κ2) is 7.13. The minimum absolute atomic E-state index is 0.0209. The first-order chi connectivity index (χ1) is 8.04. The molecule has 0 saturated heterocycles. The van der Waals surface area contributed by atoms with Gasteiger partial charge in [-0.1, -0.05) is 37.9 Å². The molecule has 0 radical (unpaired) electrons. The van der Waals surface area contributed by atoms with Crippen molar-refractivity contribution in [2.45, 2.75) is 19.9 Å². The van der Waals surface area contributed by atoms with Crippen molar-refractivity contribution in [1.29, 1.82) is 0 Å². The van der Waals surface area contributed by atoms with Crippen LogP contribution in [0.4, 0.5) is 0 Å². The largest absolute Gasteiger partial charge is 0.355 e. The summed E-state index contributed by atoms with van der Waals surface area (Å²) in [4.78, 5) is 11.3. The minimum Gasteiger partial charge on any atom is -0.355 e. The molecular formula is C12H16Br2N2O. The molecule has 0 aliphatic carbocycles. The molecule has 1 amide bonds. The Hall–Kier alpha value is -0.390. The van der Waals surface area contributed by atoms with Crippen LogP contribution in [0.5, 0.6) is 0 Å². The van der Waals surface area contributed by atoms with E-state index in [0.29, 0.717) is 13.1 Å². The van der Waals surface area contributed by atoms with Gasteiger partial charge in [-0.3, -0.25) is 4.79 Å². The van der Waals surface area contributed by atoms with Crippen molar-refractivity contribution < 1.29 is 4.79 Å². The topological polar surface area (TPSA) is 41.1 Å². The minimum atomic E-state index is 0.0209. The van der Waals surface area contributed by atoms with Crippen LogP contribution in [-0.4, -0.2) is 19.0 Å². The zero-order valence-corrected chi connectivity index (χ0v) is 13.1. The molecule has 1 rings (SSSR count). The van der Waals surface area contributed by atoms with Gasteiger partial charge < -0.3 is 10.6 Å². The zero-order valence-electron chi connectivity index (χ0n) is 9.89. The lowest BCUT2D eigenvalue weighted by atomic mass is 10.1. The Kier molecular flexibility index (Phi) is 6.16. The highest BCUT2D eigenvalue weighted by molar-refractivity contribution is 9.11. The molecule has 0 aliphatic heterocycles. The van der Waals surface area contributed by atoms with E-state index in [4.69, 9.17) is 0 Å². The SMILES string of the molecule is CCNC(=O)CNC(C)c1ccc(Br)cc1Br. The molecule has 0 heterocycles. The first-order valence-corrected chi connectivity index (χ1v) is 7.08. The average Bonchev–Trinajstić information content (AvgIpc) is 2.26. The summed E-state index contributed by atoms with van der Waals surface area (Å²) < 4.78 is 2.06. The van der Waals surface area contributed by atoms with Crippen molar-refractivity contribution in [1.82, 2.24) is 10.6 Å². The van der Waals surface area contributed by atoms with Gasteiger partial charge in [0.2, 0.25) is 5.91 Å². The first kappa shape index (κ1) is 14.7. The van der Waals surface area contributed by atoms with E-state index in [-0.39, 0.29) is 11.9 Å². The van der Waals surface area contributed by atoms with E-state index in [0.717, 1.165) is 14.5 Å². The van der Waals surface area contributed by atoms with E-state index in [2.05, 4.69) is 42.5 Å². The van der Waals surface area contributed by atoms with Crippen molar-refractivity contribution >= 4 is 37.8 Å².